The molecular weight excluding hydrogens is 292 g/mol. The molecule has 4 heteroatoms. The largest absolute Gasteiger partial charge is 0.376 e. The first kappa shape index (κ1) is 15.0. The Balaban J connectivity index is 2.44. The summed E-state index contributed by atoms with van der Waals surface area (Å²) in [6.07, 6.45) is 2.16. The van der Waals surface area contributed by atoms with Crippen molar-refractivity contribution in [2.45, 2.75) is 26.7 Å². The van der Waals surface area contributed by atoms with Crippen LogP contribution in [-0.2, 0) is 4.79 Å². The first-order valence-electron chi connectivity index (χ1n) is 6.28. The second-order valence-corrected chi connectivity index (χ2v) is 5.34. The van der Waals surface area contributed by atoms with Crippen LogP contribution >= 0.6 is 15.9 Å². The lowest BCUT2D eigenvalue weighted by Crippen LogP contribution is -2.32. The predicted molar refractivity (Wildman–Crippen MR) is 79.9 cm³/mol. The van der Waals surface area contributed by atoms with Crippen molar-refractivity contribution in [3.05, 3.63) is 28.2 Å². The fourth-order valence-corrected chi connectivity index (χ4v) is 1.83. The number of anilines is 1. The number of likely N-dealkylation sites (N-methyl/N-ethyl adjacent to an activating group) is 1. The van der Waals surface area contributed by atoms with Crippen molar-refractivity contribution in [3.63, 3.8) is 0 Å². The summed E-state index contributed by atoms with van der Waals surface area (Å²) in [5.41, 5.74) is 2.14. The van der Waals surface area contributed by atoms with Gasteiger partial charge in [0.15, 0.2) is 0 Å². The fourth-order valence-electron chi connectivity index (χ4n) is 1.59. The molecule has 1 N–H and O–H groups in total. The van der Waals surface area contributed by atoms with Crippen LogP contribution in [0.15, 0.2) is 22.7 Å². The van der Waals surface area contributed by atoms with Gasteiger partial charge in [-0.3, -0.25) is 4.79 Å². The van der Waals surface area contributed by atoms with Crippen LogP contribution in [0.1, 0.15) is 25.3 Å². The van der Waals surface area contributed by atoms with E-state index in [0.29, 0.717) is 6.54 Å². The van der Waals surface area contributed by atoms with Gasteiger partial charge in [-0.25, -0.2) is 0 Å². The molecule has 100 valence electrons. The summed E-state index contributed by atoms with van der Waals surface area (Å²) >= 11 is 3.46. The molecule has 0 saturated carbocycles. The fraction of sp³-hybridized carbons (Fsp3) is 0.500. The molecule has 0 saturated heterocycles. The highest BCUT2D eigenvalue weighted by atomic mass is 79.9. The van der Waals surface area contributed by atoms with E-state index >= 15 is 0 Å². The number of nitrogens with one attached hydrogen (secondary N) is 1. The molecule has 0 atom stereocenters. The van der Waals surface area contributed by atoms with Crippen molar-refractivity contribution in [3.8, 4) is 0 Å². The van der Waals surface area contributed by atoms with Crippen LogP contribution in [0.5, 0.6) is 0 Å². The van der Waals surface area contributed by atoms with Gasteiger partial charge in [-0.2, -0.15) is 0 Å². The number of hydrogen-bond donors (Lipinski definition) is 1. The molecule has 3 nitrogen and oxygen atoms in total. The third-order valence-electron chi connectivity index (χ3n) is 2.87. The van der Waals surface area contributed by atoms with Crippen molar-refractivity contribution in [2.75, 3.05) is 25.5 Å². The number of halogens is 1. The summed E-state index contributed by atoms with van der Waals surface area (Å²) in [6.45, 7) is 5.34. The molecule has 0 radical (unpaired) electrons. The van der Waals surface area contributed by atoms with Crippen LogP contribution in [-0.4, -0.2) is 30.9 Å². The molecule has 0 unspecified atom stereocenters. The molecule has 0 aromatic heterocycles. The lowest BCUT2D eigenvalue weighted by Gasteiger charge is -2.17. The molecule has 18 heavy (non-hydrogen) atoms. The van der Waals surface area contributed by atoms with E-state index in [1.807, 2.05) is 32.2 Å². The number of aryl methyl sites for hydroxylation is 1. The van der Waals surface area contributed by atoms with Crippen LogP contribution in [0.2, 0.25) is 0 Å². The first-order valence-corrected chi connectivity index (χ1v) is 7.08. The summed E-state index contributed by atoms with van der Waals surface area (Å²) < 4.78 is 1.08. The van der Waals surface area contributed by atoms with Gasteiger partial charge in [0.2, 0.25) is 5.91 Å². The van der Waals surface area contributed by atoms with Gasteiger partial charge in [-0.15, -0.1) is 0 Å². The van der Waals surface area contributed by atoms with Crippen LogP contribution in [0, 0.1) is 6.92 Å². The molecule has 0 aliphatic carbocycles. The number of hydrogen-bond acceptors (Lipinski definition) is 2. The summed E-state index contributed by atoms with van der Waals surface area (Å²) in [7, 11) is 1.85. The lowest BCUT2D eigenvalue weighted by atomic mass is 10.2. The number of rotatable bonds is 6. The Hall–Kier alpha value is -1.03. The van der Waals surface area contributed by atoms with E-state index in [-0.39, 0.29) is 5.91 Å². The molecular formula is C14H21BrN2O. The molecule has 1 amide bonds. The minimum Gasteiger partial charge on any atom is -0.376 e. The molecule has 1 aromatic rings. The van der Waals surface area contributed by atoms with Crippen LogP contribution in [0.3, 0.4) is 0 Å². The van der Waals surface area contributed by atoms with Gasteiger partial charge in [-0.05, 0) is 37.1 Å². The van der Waals surface area contributed by atoms with Gasteiger partial charge in [0, 0.05) is 23.8 Å². The Labute approximate surface area is 118 Å². The normalized spacial score (nSPS) is 10.2. The molecule has 1 rings (SSSR count). The number of benzene rings is 1. The monoisotopic (exact) mass is 312 g/mol. The average molecular weight is 313 g/mol. The summed E-state index contributed by atoms with van der Waals surface area (Å²) in [4.78, 5) is 13.6. The standard InChI is InChI=1S/C14H21BrN2O/c1-4-5-8-17(3)14(18)10-16-12-6-7-13(15)11(2)9-12/h6-7,9,16H,4-5,8,10H2,1-3H3. The quantitative estimate of drug-likeness (QED) is 0.873. The second-order valence-electron chi connectivity index (χ2n) is 4.49. The van der Waals surface area contributed by atoms with E-state index in [4.69, 9.17) is 0 Å². The number of nitrogens with zero attached hydrogens (tertiary/aromatic N) is 1. The zero-order chi connectivity index (χ0) is 13.5. The maximum Gasteiger partial charge on any atom is 0.241 e. The third kappa shape index (κ3) is 4.69. The van der Waals surface area contributed by atoms with E-state index in [1.54, 1.807) is 4.90 Å². The molecule has 0 heterocycles. The Kier molecular flexibility index (Phi) is 6.19. The summed E-state index contributed by atoms with van der Waals surface area (Å²) in [5, 5.41) is 3.16. The summed E-state index contributed by atoms with van der Waals surface area (Å²) in [5.74, 6) is 0.129. The molecule has 1 aromatic carbocycles. The molecule has 0 spiro atoms. The number of amides is 1. The van der Waals surface area contributed by atoms with Crippen molar-refractivity contribution < 1.29 is 4.79 Å². The van der Waals surface area contributed by atoms with Gasteiger partial charge in [0.05, 0.1) is 6.54 Å². The Morgan fingerprint density at radius 3 is 2.78 bits per heavy atom. The Morgan fingerprint density at radius 1 is 1.44 bits per heavy atom. The number of carbonyl (C=O) groups excluding carboxylic acids is 1. The van der Waals surface area contributed by atoms with Gasteiger partial charge >= 0.3 is 0 Å². The van der Waals surface area contributed by atoms with E-state index in [9.17, 15) is 4.79 Å². The maximum absolute atomic E-state index is 11.8. The van der Waals surface area contributed by atoms with Crippen molar-refractivity contribution in [1.82, 2.24) is 4.90 Å². The highest BCUT2D eigenvalue weighted by Crippen LogP contribution is 2.19. The van der Waals surface area contributed by atoms with Crippen LogP contribution < -0.4 is 5.32 Å². The van der Waals surface area contributed by atoms with Crippen molar-refractivity contribution >= 4 is 27.5 Å². The predicted octanol–water partition coefficient (Wildman–Crippen LogP) is 3.43. The van der Waals surface area contributed by atoms with E-state index in [1.165, 1.54) is 0 Å². The Morgan fingerprint density at radius 2 is 2.17 bits per heavy atom. The minimum absolute atomic E-state index is 0.129. The zero-order valence-electron chi connectivity index (χ0n) is 11.3. The SMILES string of the molecule is CCCCN(C)C(=O)CNc1ccc(Br)c(C)c1. The zero-order valence-corrected chi connectivity index (χ0v) is 12.9. The minimum atomic E-state index is 0.129. The van der Waals surface area contributed by atoms with Crippen LogP contribution in [0.4, 0.5) is 5.69 Å². The van der Waals surface area contributed by atoms with Gasteiger partial charge in [-0.1, -0.05) is 29.3 Å². The first-order chi connectivity index (χ1) is 8.54. The summed E-state index contributed by atoms with van der Waals surface area (Å²) in [6, 6.07) is 5.99. The molecule has 0 bridgehead atoms. The Bertz CT molecular complexity index is 407. The molecule has 0 aliphatic rings. The van der Waals surface area contributed by atoms with Crippen LogP contribution in [0.25, 0.3) is 0 Å². The van der Waals surface area contributed by atoms with Gasteiger partial charge in [0.1, 0.15) is 0 Å². The smallest absolute Gasteiger partial charge is 0.241 e. The second kappa shape index (κ2) is 7.41. The highest BCUT2D eigenvalue weighted by Gasteiger charge is 2.07. The van der Waals surface area contributed by atoms with Gasteiger partial charge in [0.25, 0.3) is 0 Å². The van der Waals surface area contributed by atoms with Gasteiger partial charge < -0.3 is 10.2 Å². The maximum atomic E-state index is 11.8. The number of unbranched alkanes of at least 4 members (excludes halogenated alkanes) is 1. The third-order valence-corrected chi connectivity index (χ3v) is 3.76. The van der Waals surface area contributed by atoms with Crippen molar-refractivity contribution in [2.24, 2.45) is 0 Å². The molecule has 0 fully saturated rings. The van der Waals surface area contributed by atoms with E-state index in [2.05, 4.69) is 28.2 Å². The average Bonchev–Trinajstić information content (AvgIpc) is 2.36. The van der Waals surface area contributed by atoms with E-state index in [0.717, 1.165) is 35.1 Å². The lowest BCUT2D eigenvalue weighted by molar-refractivity contribution is -0.128. The number of carbonyl (C=O) groups is 1. The topological polar surface area (TPSA) is 32.3 Å². The highest BCUT2D eigenvalue weighted by molar-refractivity contribution is 9.10. The molecule has 0 aliphatic heterocycles. The van der Waals surface area contributed by atoms with Crippen molar-refractivity contribution in [1.29, 1.82) is 0 Å². The van der Waals surface area contributed by atoms with E-state index < -0.39 is 0 Å².